The molecule has 5 nitrogen and oxygen atoms in total. The Balaban J connectivity index is 1.35. The van der Waals surface area contributed by atoms with Gasteiger partial charge in [0.05, 0.1) is 17.8 Å². The lowest BCUT2D eigenvalue weighted by Gasteiger charge is -2.37. The van der Waals surface area contributed by atoms with Crippen LogP contribution in [0.15, 0.2) is 66.9 Å². The quantitative estimate of drug-likeness (QED) is 0.297. The third kappa shape index (κ3) is 4.41. The van der Waals surface area contributed by atoms with E-state index >= 15 is 0 Å². The van der Waals surface area contributed by atoms with Gasteiger partial charge in [-0.1, -0.05) is 24.3 Å². The van der Waals surface area contributed by atoms with E-state index in [0.29, 0.717) is 52.1 Å². The van der Waals surface area contributed by atoms with Crippen LogP contribution in [0, 0.1) is 5.92 Å². The van der Waals surface area contributed by atoms with Gasteiger partial charge in [-0.3, -0.25) is 14.3 Å². The molecule has 0 saturated carbocycles. The number of rotatable bonds is 6. The zero-order chi connectivity index (χ0) is 26.4. The van der Waals surface area contributed by atoms with E-state index in [4.69, 9.17) is 9.47 Å². The fraction of sp³-hybridized carbons (Fsp3) is 0.276. The number of para-hydroxylation sites is 1. The van der Waals surface area contributed by atoms with E-state index in [9.17, 15) is 22.7 Å². The lowest BCUT2D eigenvalue weighted by Crippen LogP contribution is -2.49. The summed E-state index contributed by atoms with van der Waals surface area (Å²) in [7, 11) is 0. The van der Waals surface area contributed by atoms with Crippen LogP contribution in [0.2, 0.25) is 0 Å². The van der Waals surface area contributed by atoms with Gasteiger partial charge in [-0.15, -0.1) is 0 Å². The van der Waals surface area contributed by atoms with Gasteiger partial charge in [0.1, 0.15) is 23.9 Å². The maximum absolute atomic E-state index is 13.9. The molecule has 0 spiro atoms. The van der Waals surface area contributed by atoms with Crippen LogP contribution in [0.3, 0.4) is 0 Å². The van der Waals surface area contributed by atoms with E-state index in [1.807, 2.05) is 0 Å². The first-order chi connectivity index (χ1) is 18.3. The van der Waals surface area contributed by atoms with Crippen LogP contribution >= 0.6 is 0 Å². The zero-order valence-electron chi connectivity index (χ0n) is 20.2. The predicted molar refractivity (Wildman–Crippen MR) is 134 cm³/mol. The number of alkyl halides is 4. The van der Waals surface area contributed by atoms with Crippen LogP contribution in [-0.2, 0) is 6.18 Å². The first-order valence-corrected chi connectivity index (χ1v) is 12.3. The molecule has 0 amide bonds. The number of fused-ring (bicyclic) bond motifs is 5. The molecule has 3 aromatic carbocycles. The normalized spacial score (nSPS) is 17.4. The Labute approximate surface area is 216 Å². The lowest BCUT2D eigenvalue weighted by atomic mass is 9.87. The standard InChI is InChI=1S/C29H24F4N2O3/c30-13-17-15-35(16-17)10-11-37-20-7-4-18(5-8-20)27-26-22-9-6-19(36)12-25(22)34-14-23(26)21-2-1-3-24(28(21)38-27)29(31,32)33/h1-9,12,14,17,27,36H,10-11,13,15-16H2/t27-/m0/s1. The van der Waals surface area contributed by atoms with E-state index in [1.54, 1.807) is 36.4 Å². The molecule has 2 aliphatic rings. The van der Waals surface area contributed by atoms with Crippen LogP contribution in [0.1, 0.15) is 22.8 Å². The number of phenolic OH excluding ortho intramolecular Hbond substituents is 1. The van der Waals surface area contributed by atoms with Crippen LogP contribution in [0.4, 0.5) is 17.6 Å². The second-order valence-electron chi connectivity index (χ2n) is 9.66. The molecule has 38 heavy (non-hydrogen) atoms. The van der Waals surface area contributed by atoms with Gasteiger partial charge in [-0.05, 0) is 35.9 Å². The summed E-state index contributed by atoms with van der Waals surface area (Å²) in [6, 6.07) is 15.8. The highest BCUT2D eigenvalue weighted by molar-refractivity contribution is 5.92. The van der Waals surface area contributed by atoms with Crippen molar-refractivity contribution in [3.63, 3.8) is 0 Å². The van der Waals surface area contributed by atoms with Crippen molar-refractivity contribution in [1.29, 1.82) is 0 Å². The summed E-state index contributed by atoms with van der Waals surface area (Å²) in [5.74, 6) is 0.538. The second kappa shape index (κ2) is 9.47. The Kier molecular flexibility index (Phi) is 6.10. The molecule has 4 aromatic rings. The average Bonchev–Trinajstić information content (AvgIpc) is 2.88. The van der Waals surface area contributed by atoms with Gasteiger partial charge >= 0.3 is 6.18 Å². The van der Waals surface area contributed by atoms with Crippen molar-refractivity contribution < 1.29 is 32.1 Å². The molecule has 0 unspecified atom stereocenters. The summed E-state index contributed by atoms with van der Waals surface area (Å²) < 4.78 is 66.3. The van der Waals surface area contributed by atoms with E-state index in [-0.39, 0.29) is 24.1 Å². The fourth-order valence-electron chi connectivity index (χ4n) is 5.20. The predicted octanol–water partition coefficient (Wildman–Crippen LogP) is 6.39. The Morgan fingerprint density at radius 3 is 2.55 bits per heavy atom. The van der Waals surface area contributed by atoms with Crippen LogP contribution in [0.25, 0.3) is 22.0 Å². The van der Waals surface area contributed by atoms with Crippen molar-refractivity contribution in [1.82, 2.24) is 9.88 Å². The van der Waals surface area contributed by atoms with E-state index in [2.05, 4.69) is 9.88 Å². The molecule has 6 rings (SSSR count). The Morgan fingerprint density at radius 2 is 1.82 bits per heavy atom. The Bertz CT molecular complexity index is 1480. The molecule has 0 bridgehead atoms. The molecular formula is C29H24F4N2O3. The van der Waals surface area contributed by atoms with Crippen LogP contribution in [0.5, 0.6) is 17.2 Å². The van der Waals surface area contributed by atoms with Gasteiger partial charge in [0.2, 0.25) is 0 Å². The molecule has 1 N–H and O–H groups in total. The minimum Gasteiger partial charge on any atom is -0.508 e. The summed E-state index contributed by atoms with van der Waals surface area (Å²) >= 11 is 0. The SMILES string of the molecule is Oc1ccc2c3c(cnc2c1)-c1cccc(C(F)(F)F)c1O[C@H]3c1ccc(OCCN2CC(CF)C2)cc1. The van der Waals surface area contributed by atoms with Crippen LogP contribution in [-0.4, -0.2) is 47.9 Å². The highest BCUT2D eigenvalue weighted by Crippen LogP contribution is 2.51. The number of benzene rings is 3. The Hall–Kier alpha value is -3.85. The van der Waals surface area contributed by atoms with Gasteiger partial charge in [0, 0.05) is 59.9 Å². The van der Waals surface area contributed by atoms with Gasteiger partial charge in [-0.2, -0.15) is 13.2 Å². The monoisotopic (exact) mass is 524 g/mol. The number of likely N-dealkylation sites (tertiary alicyclic amines) is 1. The molecular weight excluding hydrogens is 500 g/mol. The summed E-state index contributed by atoms with van der Waals surface area (Å²) in [5.41, 5.74) is 1.84. The number of halogens is 4. The number of pyridine rings is 1. The molecule has 1 aromatic heterocycles. The number of ether oxygens (including phenoxy) is 2. The maximum atomic E-state index is 13.9. The molecule has 1 atom stereocenters. The van der Waals surface area contributed by atoms with Gasteiger partial charge in [0.25, 0.3) is 0 Å². The number of aromatic nitrogens is 1. The number of hydrogen-bond donors (Lipinski definition) is 1. The van der Waals surface area contributed by atoms with Crippen LogP contribution < -0.4 is 9.47 Å². The first kappa shape index (κ1) is 24.5. The third-order valence-electron chi connectivity index (χ3n) is 7.11. The Morgan fingerprint density at radius 1 is 1.03 bits per heavy atom. The number of aromatic hydroxyl groups is 1. The molecule has 0 radical (unpaired) electrons. The molecule has 1 fully saturated rings. The molecule has 196 valence electrons. The van der Waals surface area contributed by atoms with Crippen molar-refractivity contribution >= 4 is 10.9 Å². The topological polar surface area (TPSA) is 54.8 Å². The van der Waals surface area contributed by atoms with Gasteiger partial charge < -0.3 is 14.6 Å². The largest absolute Gasteiger partial charge is 0.508 e. The minimum atomic E-state index is -4.60. The maximum Gasteiger partial charge on any atom is 0.419 e. The molecule has 1 saturated heterocycles. The first-order valence-electron chi connectivity index (χ1n) is 12.3. The third-order valence-corrected chi connectivity index (χ3v) is 7.11. The van der Waals surface area contributed by atoms with Crippen molar-refractivity contribution in [2.45, 2.75) is 12.3 Å². The zero-order valence-corrected chi connectivity index (χ0v) is 20.2. The molecule has 9 heteroatoms. The summed E-state index contributed by atoms with van der Waals surface area (Å²) in [6.07, 6.45) is -3.91. The van der Waals surface area contributed by atoms with Crippen molar-refractivity contribution in [2.75, 3.05) is 32.9 Å². The molecule has 3 heterocycles. The average molecular weight is 525 g/mol. The summed E-state index contributed by atoms with van der Waals surface area (Å²) in [4.78, 5) is 6.54. The summed E-state index contributed by atoms with van der Waals surface area (Å²) in [5, 5.41) is 10.6. The van der Waals surface area contributed by atoms with Crippen molar-refractivity contribution in [3.8, 4) is 28.4 Å². The molecule has 0 aliphatic carbocycles. The minimum absolute atomic E-state index is 0.0397. The second-order valence-corrected chi connectivity index (χ2v) is 9.66. The number of nitrogens with zero attached hydrogens (tertiary/aromatic N) is 2. The smallest absolute Gasteiger partial charge is 0.419 e. The molecule has 2 aliphatic heterocycles. The van der Waals surface area contributed by atoms with Gasteiger partial charge in [-0.25, -0.2) is 0 Å². The van der Waals surface area contributed by atoms with Crippen molar-refractivity contribution in [3.05, 3.63) is 83.6 Å². The highest BCUT2D eigenvalue weighted by Gasteiger charge is 2.39. The van der Waals surface area contributed by atoms with E-state index in [1.165, 1.54) is 24.4 Å². The number of phenols is 1. The number of hydrogen-bond acceptors (Lipinski definition) is 5. The van der Waals surface area contributed by atoms with E-state index < -0.39 is 17.8 Å². The highest BCUT2D eigenvalue weighted by atomic mass is 19.4. The van der Waals surface area contributed by atoms with Crippen molar-refractivity contribution in [2.24, 2.45) is 5.92 Å². The van der Waals surface area contributed by atoms with E-state index in [0.717, 1.165) is 19.2 Å². The van der Waals surface area contributed by atoms with Gasteiger partial charge in [0.15, 0.2) is 6.10 Å². The lowest BCUT2D eigenvalue weighted by molar-refractivity contribution is -0.139. The fourth-order valence-corrected chi connectivity index (χ4v) is 5.20. The summed E-state index contributed by atoms with van der Waals surface area (Å²) in [6.45, 7) is 2.31.